The Morgan fingerprint density at radius 1 is 1.40 bits per heavy atom. The first-order valence-corrected chi connectivity index (χ1v) is 6.90. The number of pyridine rings is 1. The Morgan fingerprint density at radius 3 is 2.85 bits per heavy atom. The number of carbonyl (C=O) groups is 1. The summed E-state index contributed by atoms with van der Waals surface area (Å²) in [5.74, 6) is -0.342. The Balaban J connectivity index is 1.99. The number of rotatable bonds is 2. The SMILES string of the molecule is CCC1=NN2C(=N)/C(=C/c3ccncc3)C(=O)N=C2S1. The standard InChI is InChI=1S/C13H11N5OS/c1-2-10-17-18-11(14)9(12(19)16-13(18)20-10)7-8-3-5-15-6-4-8/h3-7,14H,2H2,1H3/b9-7-,14-11?. The Labute approximate surface area is 119 Å². The minimum Gasteiger partial charge on any atom is -0.282 e. The van der Waals surface area contributed by atoms with Crippen molar-refractivity contribution in [1.29, 1.82) is 5.41 Å². The first-order valence-electron chi connectivity index (χ1n) is 6.08. The Bertz CT molecular complexity index is 677. The quantitative estimate of drug-likeness (QED) is 0.844. The van der Waals surface area contributed by atoms with E-state index < -0.39 is 5.91 Å². The summed E-state index contributed by atoms with van der Waals surface area (Å²) < 4.78 is 0. The summed E-state index contributed by atoms with van der Waals surface area (Å²) in [6, 6.07) is 3.54. The van der Waals surface area contributed by atoms with Gasteiger partial charge in [-0.05, 0) is 42.0 Å². The maximum atomic E-state index is 12.0. The van der Waals surface area contributed by atoms with Gasteiger partial charge in [0.15, 0.2) is 5.84 Å². The van der Waals surface area contributed by atoms with E-state index in [1.54, 1.807) is 30.6 Å². The fourth-order valence-corrected chi connectivity index (χ4v) is 2.63. The molecule has 0 aromatic carbocycles. The van der Waals surface area contributed by atoms with Crippen molar-refractivity contribution in [2.24, 2.45) is 10.1 Å². The molecule has 0 radical (unpaired) electrons. The highest BCUT2D eigenvalue weighted by Crippen LogP contribution is 2.28. The molecule has 2 aliphatic heterocycles. The topological polar surface area (TPSA) is 81.8 Å². The number of carbonyl (C=O) groups excluding carboxylic acids is 1. The van der Waals surface area contributed by atoms with E-state index in [9.17, 15) is 4.79 Å². The number of hydrogen-bond donors (Lipinski definition) is 1. The van der Waals surface area contributed by atoms with Crippen LogP contribution in [0.1, 0.15) is 18.9 Å². The maximum Gasteiger partial charge on any atom is 0.283 e. The zero-order chi connectivity index (χ0) is 14.1. The lowest BCUT2D eigenvalue weighted by Crippen LogP contribution is -2.35. The van der Waals surface area contributed by atoms with Crippen LogP contribution in [0, 0.1) is 5.41 Å². The van der Waals surface area contributed by atoms with Crippen LogP contribution in [0.15, 0.2) is 40.2 Å². The van der Waals surface area contributed by atoms with Crippen LogP contribution in [0.4, 0.5) is 0 Å². The van der Waals surface area contributed by atoms with Gasteiger partial charge in [-0.15, -0.1) is 0 Å². The molecule has 3 heterocycles. The van der Waals surface area contributed by atoms with E-state index in [2.05, 4.69) is 15.1 Å². The lowest BCUT2D eigenvalue weighted by molar-refractivity contribution is -0.114. The number of fused-ring (bicyclic) bond motifs is 1. The highest BCUT2D eigenvalue weighted by Gasteiger charge is 2.34. The van der Waals surface area contributed by atoms with Gasteiger partial charge in [0.25, 0.3) is 5.91 Å². The van der Waals surface area contributed by atoms with Gasteiger partial charge in [0, 0.05) is 12.4 Å². The number of aliphatic imine (C=N–C) groups is 1. The second-order valence-electron chi connectivity index (χ2n) is 4.15. The van der Waals surface area contributed by atoms with Crippen LogP contribution < -0.4 is 0 Å². The van der Waals surface area contributed by atoms with Gasteiger partial charge in [-0.1, -0.05) is 6.92 Å². The summed E-state index contributed by atoms with van der Waals surface area (Å²) in [4.78, 5) is 20.0. The van der Waals surface area contributed by atoms with E-state index in [0.29, 0.717) is 5.17 Å². The minimum atomic E-state index is -0.405. The van der Waals surface area contributed by atoms with Crippen LogP contribution in [0.2, 0.25) is 0 Å². The highest BCUT2D eigenvalue weighted by atomic mass is 32.2. The zero-order valence-corrected chi connectivity index (χ0v) is 11.5. The lowest BCUT2D eigenvalue weighted by atomic mass is 10.1. The molecule has 0 saturated heterocycles. The second-order valence-corrected chi connectivity index (χ2v) is 5.19. The van der Waals surface area contributed by atoms with Crippen molar-refractivity contribution in [2.75, 3.05) is 0 Å². The molecule has 1 aromatic rings. The molecule has 2 aliphatic rings. The smallest absolute Gasteiger partial charge is 0.282 e. The van der Waals surface area contributed by atoms with Crippen molar-refractivity contribution >= 4 is 39.8 Å². The highest BCUT2D eigenvalue weighted by molar-refractivity contribution is 8.26. The monoisotopic (exact) mass is 285 g/mol. The van der Waals surface area contributed by atoms with Crippen molar-refractivity contribution < 1.29 is 4.79 Å². The van der Waals surface area contributed by atoms with Crippen molar-refractivity contribution in [1.82, 2.24) is 9.99 Å². The summed E-state index contributed by atoms with van der Waals surface area (Å²) >= 11 is 1.34. The van der Waals surface area contributed by atoms with Crippen molar-refractivity contribution in [3.05, 3.63) is 35.7 Å². The number of thioether (sulfide) groups is 1. The molecular formula is C13H11N5OS. The molecule has 3 rings (SSSR count). The van der Waals surface area contributed by atoms with E-state index in [1.807, 2.05) is 6.92 Å². The van der Waals surface area contributed by atoms with Gasteiger partial charge in [-0.25, -0.2) is 0 Å². The summed E-state index contributed by atoms with van der Waals surface area (Å²) in [7, 11) is 0. The zero-order valence-electron chi connectivity index (χ0n) is 10.7. The third kappa shape index (κ3) is 2.16. The Kier molecular flexibility index (Phi) is 3.19. The van der Waals surface area contributed by atoms with Crippen LogP contribution in [0.3, 0.4) is 0 Å². The molecular weight excluding hydrogens is 274 g/mol. The molecule has 0 aliphatic carbocycles. The van der Waals surface area contributed by atoms with Gasteiger partial charge in [0.2, 0.25) is 5.17 Å². The first kappa shape index (κ1) is 12.7. The van der Waals surface area contributed by atoms with Crippen LogP contribution in [0.25, 0.3) is 6.08 Å². The van der Waals surface area contributed by atoms with E-state index >= 15 is 0 Å². The molecule has 0 fully saturated rings. The summed E-state index contributed by atoms with van der Waals surface area (Å²) in [6.07, 6.45) is 5.66. The Morgan fingerprint density at radius 2 is 2.15 bits per heavy atom. The summed E-state index contributed by atoms with van der Waals surface area (Å²) in [5, 5.41) is 15.2. The van der Waals surface area contributed by atoms with Gasteiger partial charge >= 0.3 is 0 Å². The number of nitrogens with zero attached hydrogens (tertiary/aromatic N) is 4. The van der Waals surface area contributed by atoms with Gasteiger partial charge in [-0.3, -0.25) is 15.2 Å². The predicted molar refractivity (Wildman–Crippen MR) is 79.5 cm³/mol. The number of amides is 1. The fraction of sp³-hybridized carbons (Fsp3) is 0.154. The van der Waals surface area contributed by atoms with E-state index in [0.717, 1.165) is 17.0 Å². The fourth-order valence-electron chi connectivity index (χ4n) is 1.80. The molecule has 1 amide bonds. The largest absolute Gasteiger partial charge is 0.283 e. The first-order chi connectivity index (χ1) is 9.69. The summed E-state index contributed by atoms with van der Waals surface area (Å²) in [5.41, 5.74) is 1.04. The van der Waals surface area contributed by atoms with Crippen molar-refractivity contribution in [3.8, 4) is 0 Å². The van der Waals surface area contributed by atoms with E-state index in [-0.39, 0.29) is 11.4 Å². The average Bonchev–Trinajstić information content (AvgIpc) is 2.88. The van der Waals surface area contributed by atoms with Gasteiger partial charge in [-0.2, -0.15) is 15.1 Å². The molecule has 1 N–H and O–H groups in total. The number of hydrogen-bond acceptors (Lipinski definition) is 5. The van der Waals surface area contributed by atoms with Crippen molar-refractivity contribution in [3.63, 3.8) is 0 Å². The average molecular weight is 285 g/mol. The van der Waals surface area contributed by atoms with Crippen LogP contribution in [-0.4, -0.2) is 31.9 Å². The maximum absolute atomic E-state index is 12.0. The molecule has 0 atom stereocenters. The van der Waals surface area contributed by atoms with Crippen LogP contribution in [-0.2, 0) is 4.79 Å². The van der Waals surface area contributed by atoms with Crippen LogP contribution in [0.5, 0.6) is 0 Å². The molecule has 0 unspecified atom stereocenters. The minimum absolute atomic E-state index is 0.0627. The Hall–Kier alpha value is -2.28. The van der Waals surface area contributed by atoms with Gasteiger partial charge in [0.05, 0.1) is 5.57 Å². The molecule has 100 valence electrons. The van der Waals surface area contributed by atoms with Crippen molar-refractivity contribution in [2.45, 2.75) is 13.3 Å². The lowest BCUT2D eigenvalue weighted by Gasteiger charge is -2.20. The molecule has 1 aromatic heterocycles. The number of aromatic nitrogens is 1. The molecule has 6 nitrogen and oxygen atoms in total. The molecule has 0 bridgehead atoms. The van der Waals surface area contributed by atoms with Crippen LogP contribution >= 0.6 is 11.8 Å². The van der Waals surface area contributed by atoms with Gasteiger partial charge < -0.3 is 0 Å². The molecule has 7 heteroatoms. The number of amidine groups is 2. The van der Waals surface area contributed by atoms with E-state index in [1.165, 1.54) is 16.8 Å². The van der Waals surface area contributed by atoms with E-state index in [4.69, 9.17) is 5.41 Å². The normalized spacial score (nSPS) is 20.1. The summed E-state index contributed by atoms with van der Waals surface area (Å²) in [6.45, 7) is 1.98. The predicted octanol–water partition coefficient (Wildman–Crippen LogP) is 2.11. The van der Waals surface area contributed by atoms with Gasteiger partial charge in [0.1, 0.15) is 5.04 Å². The second kappa shape index (κ2) is 5.01. The number of nitrogens with one attached hydrogen (secondary N) is 1. The number of hydrazone groups is 1. The third-order valence-electron chi connectivity index (χ3n) is 2.82. The third-order valence-corrected chi connectivity index (χ3v) is 3.87. The molecule has 20 heavy (non-hydrogen) atoms. The molecule has 0 saturated carbocycles. The molecule has 0 spiro atoms.